The fraction of sp³-hybridized carbons (Fsp3) is 0.0625. The average Bonchev–Trinajstić information content (AvgIpc) is 3.46. The molecule has 7 rings (SSSR count). The molecule has 0 radical (unpaired) electrons. The second kappa shape index (κ2) is 7.56. The topological polar surface area (TPSA) is 34.5 Å². The molecule has 0 saturated carbocycles. The van der Waals surface area contributed by atoms with Crippen molar-refractivity contribution >= 4 is 49.6 Å². The quantitative estimate of drug-likeness (QED) is 0.189. The van der Waals surface area contributed by atoms with Gasteiger partial charge in [-0.05, 0) is 42.3 Å². The van der Waals surface area contributed by atoms with E-state index in [2.05, 4.69) is 52.7 Å². The minimum atomic E-state index is 0.556. The first-order valence-corrected chi connectivity index (χ1v) is 11.9. The van der Waals surface area contributed by atoms with Crippen LogP contribution < -0.4 is 4.57 Å². The highest BCUT2D eigenvalue weighted by atomic mass is 16.3. The summed E-state index contributed by atoms with van der Waals surface area (Å²) in [5.41, 5.74) is 8.74. The van der Waals surface area contributed by atoms with Crippen LogP contribution in [0.3, 0.4) is 0 Å². The van der Waals surface area contributed by atoms with Gasteiger partial charge in [-0.25, -0.2) is 9.41 Å². The second-order valence-electron chi connectivity index (χ2n) is 9.19. The Balaban J connectivity index is 1.56. The molecule has 36 heavy (non-hydrogen) atoms. The molecule has 0 aliphatic rings. The van der Waals surface area contributed by atoms with Gasteiger partial charge in [0.25, 0.3) is 0 Å². The molecule has 0 spiro atoms. The predicted molar refractivity (Wildman–Crippen MR) is 144 cm³/mol. The van der Waals surface area contributed by atoms with Crippen molar-refractivity contribution in [1.82, 2.24) is 0 Å². The molecule has 0 saturated heterocycles. The van der Waals surface area contributed by atoms with Crippen LogP contribution in [0.2, 0.25) is 0 Å². The lowest BCUT2D eigenvalue weighted by Gasteiger charge is -2.06. The molecule has 4 nitrogen and oxygen atoms in total. The number of fused-ring (bicyclic) bond motifs is 6. The van der Waals surface area contributed by atoms with Crippen LogP contribution in [0.25, 0.3) is 71.1 Å². The first kappa shape index (κ1) is 20.5. The average molecular weight is 466 g/mol. The van der Waals surface area contributed by atoms with E-state index in [1.165, 1.54) is 0 Å². The molecule has 7 aromatic rings. The molecule has 170 valence electrons. The molecule has 0 amide bonds. The molecule has 0 aliphatic heterocycles. The summed E-state index contributed by atoms with van der Waals surface area (Å²) in [7, 11) is 2.04. The summed E-state index contributed by atoms with van der Waals surface area (Å²) in [6.45, 7) is 10.00. The van der Waals surface area contributed by atoms with Gasteiger partial charge < -0.3 is 8.83 Å². The second-order valence-corrected chi connectivity index (χ2v) is 9.19. The number of aromatic nitrogens is 1. The lowest BCUT2D eigenvalue weighted by atomic mass is 9.97. The lowest BCUT2D eigenvalue weighted by Crippen LogP contribution is -2.30. The van der Waals surface area contributed by atoms with Gasteiger partial charge in [0.1, 0.15) is 29.4 Å². The van der Waals surface area contributed by atoms with Gasteiger partial charge in [-0.15, -0.1) is 0 Å². The zero-order chi connectivity index (χ0) is 24.4. The Bertz CT molecular complexity index is 2040. The maximum Gasteiger partial charge on any atom is 0.216 e. The van der Waals surface area contributed by atoms with E-state index in [1.807, 2.05) is 61.8 Å². The highest BCUT2D eigenvalue weighted by Gasteiger charge is 2.23. The van der Waals surface area contributed by atoms with Crippen LogP contribution in [-0.4, -0.2) is 0 Å². The molecule has 3 heterocycles. The van der Waals surface area contributed by atoms with Crippen LogP contribution in [0.4, 0.5) is 5.69 Å². The summed E-state index contributed by atoms with van der Waals surface area (Å²) in [6.07, 6.45) is 2.04. The van der Waals surface area contributed by atoms with Crippen molar-refractivity contribution in [3.05, 3.63) is 108 Å². The van der Waals surface area contributed by atoms with Gasteiger partial charge in [-0.3, -0.25) is 0 Å². The fourth-order valence-electron chi connectivity index (χ4n) is 5.35. The first-order chi connectivity index (χ1) is 17.6. The van der Waals surface area contributed by atoms with E-state index in [-0.39, 0.29) is 0 Å². The van der Waals surface area contributed by atoms with E-state index < -0.39 is 0 Å². The third-order valence-corrected chi connectivity index (χ3v) is 7.09. The Morgan fingerprint density at radius 2 is 1.42 bits per heavy atom. The molecule has 0 bridgehead atoms. The summed E-state index contributed by atoms with van der Waals surface area (Å²) in [4.78, 5) is 3.86. The van der Waals surface area contributed by atoms with Gasteiger partial charge in [-0.1, -0.05) is 48.5 Å². The first-order valence-electron chi connectivity index (χ1n) is 11.9. The van der Waals surface area contributed by atoms with Gasteiger partial charge in [0.15, 0.2) is 11.9 Å². The number of rotatable bonds is 2. The standard InChI is InChI=1S/C32H21N2O2/c1-19-11-13-23-24-15-16-25(33-2)30(32(24)36-31(23)29(19)26-9-6-7-17-34(26)3)20-12-14-22-21-8-4-5-10-27(21)35-28(22)18-20/h4-18H,1,3H3/q+1. The van der Waals surface area contributed by atoms with Crippen LogP contribution in [0.5, 0.6) is 0 Å². The van der Waals surface area contributed by atoms with Crippen LogP contribution in [-0.2, 0) is 7.05 Å². The fourth-order valence-corrected chi connectivity index (χ4v) is 5.35. The molecule has 0 atom stereocenters. The maximum absolute atomic E-state index is 7.89. The minimum Gasteiger partial charge on any atom is -0.456 e. The zero-order valence-corrected chi connectivity index (χ0v) is 19.9. The third-order valence-electron chi connectivity index (χ3n) is 7.09. The number of aryl methyl sites for hydroxylation is 2. The molecule has 3 aromatic heterocycles. The van der Waals surface area contributed by atoms with E-state index in [0.717, 1.165) is 71.8 Å². The summed E-state index contributed by atoms with van der Waals surface area (Å²) in [6, 6.07) is 28.5. The number of furan rings is 2. The molecule has 4 aromatic carbocycles. The zero-order valence-electron chi connectivity index (χ0n) is 19.9. The molecular formula is C32H21N2O2+. The van der Waals surface area contributed by atoms with E-state index in [0.29, 0.717) is 5.69 Å². The van der Waals surface area contributed by atoms with Crippen LogP contribution in [0.15, 0.2) is 100.0 Å². The van der Waals surface area contributed by atoms with E-state index >= 15 is 0 Å². The van der Waals surface area contributed by atoms with Crippen LogP contribution >= 0.6 is 0 Å². The van der Waals surface area contributed by atoms with Gasteiger partial charge in [0.05, 0.1) is 12.1 Å². The van der Waals surface area contributed by atoms with Crippen molar-refractivity contribution in [2.24, 2.45) is 7.05 Å². The van der Waals surface area contributed by atoms with Gasteiger partial charge in [-0.2, -0.15) is 0 Å². The lowest BCUT2D eigenvalue weighted by molar-refractivity contribution is -0.660. The highest BCUT2D eigenvalue weighted by molar-refractivity contribution is 6.16. The predicted octanol–water partition coefficient (Wildman–Crippen LogP) is 8.50. The highest BCUT2D eigenvalue weighted by Crippen LogP contribution is 2.45. The normalized spacial score (nSPS) is 11.6. The smallest absolute Gasteiger partial charge is 0.216 e. The Kier molecular flexibility index (Phi) is 4.30. The minimum absolute atomic E-state index is 0.556. The number of nitrogens with zero attached hydrogens (tertiary/aromatic N) is 2. The molecule has 4 heteroatoms. The van der Waals surface area contributed by atoms with Crippen molar-refractivity contribution in [2.75, 3.05) is 0 Å². The van der Waals surface area contributed by atoms with Gasteiger partial charge >= 0.3 is 0 Å². The van der Waals surface area contributed by atoms with Crippen molar-refractivity contribution in [3.63, 3.8) is 0 Å². The van der Waals surface area contributed by atoms with Crippen LogP contribution in [0, 0.1) is 13.5 Å². The van der Waals surface area contributed by atoms with Crippen molar-refractivity contribution < 1.29 is 13.4 Å². The Hall–Kier alpha value is -4.88. The molecule has 0 fully saturated rings. The van der Waals surface area contributed by atoms with E-state index in [4.69, 9.17) is 15.4 Å². The number of hydrogen-bond acceptors (Lipinski definition) is 2. The summed E-state index contributed by atoms with van der Waals surface area (Å²) < 4.78 is 14.9. The molecule has 0 aliphatic carbocycles. The summed E-state index contributed by atoms with van der Waals surface area (Å²) >= 11 is 0. The number of hydrogen-bond donors (Lipinski definition) is 0. The van der Waals surface area contributed by atoms with Crippen molar-refractivity contribution in [3.8, 4) is 22.4 Å². The Morgan fingerprint density at radius 1 is 0.694 bits per heavy atom. The largest absolute Gasteiger partial charge is 0.456 e. The van der Waals surface area contributed by atoms with E-state index in [9.17, 15) is 0 Å². The summed E-state index contributed by atoms with van der Waals surface area (Å²) in [5, 5.41) is 4.18. The monoisotopic (exact) mass is 465 g/mol. The molecule has 0 unspecified atom stereocenters. The van der Waals surface area contributed by atoms with Crippen molar-refractivity contribution in [2.45, 2.75) is 6.92 Å². The number of para-hydroxylation sites is 1. The number of benzene rings is 4. The summed E-state index contributed by atoms with van der Waals surface area (Å²) in [5.74, 6) is 0. The van der Waals surface area contributed by atoms with Crippen molar-refractivity contribution in [1.29, 1.82) is 0 Å². The Labute approximate surface area is 207 Å². The third kappa shape index (κ3) is 2.84. The van der Waals surface area contributed by atoms with Gasteiger partial charge in [0.2, 0.25) is 5.69 Å². The Morgan fingerprint density at radius 3 is 2.25 bits per heavy atom. The maximum atomic E-state index is 7.89. The number of pyridine rings is 1. The SMILES string of the molecule is [C-]#[N+]c1ccc2c(oc3c(-c4cccc[n+]4C)c(C)ccc32)c1-c1ccc2c(c1)oc1ccccc12. The molecule has 0 N–H and O–H groups in total. The van der Waals surface area contributed by atoms with E-state index in [1.54, 1.807) is 0 Å². The van der Waals surface area contributed by atoms with Crippen LogP contribution in [0.1, 0.15) is 5.56 Å². The molecular weight excluding hydrogens is 444 g/mol. The van der Waals surface area contributed by atoms with Gasteiger partial charge in [0, 0.05) is 39.2 Å².